The van der Waals surface area contributed by atoms with E-state index in [2.05, 4.69) is 25.5 Å². The lowest BCUT2D eigenvalue weighted by molar-refractivity contribution is 0.128. The molecule has 16 heavy (non-hydrogen) atoms. The van der Waals surface area contributed by atoms with Crippen molar-refractivity contribution in [2.24, 2.45) is 0 Å². The highest BCUT2D eigenvalue weighted by atomic mass is 79.9. The van der Waals surface area contributed by atoms with Gasteiger partial charge in [0.1, 0.15) is 10.4 Å². The first-order chi connectivity index (χ1) is 7.75. The lowest BCUT2D eigenvalue weighted by atomic mass is 10.1. The van der Waals surface area contributed by atoms with Crippen LogP contribution in [-0.2, 0) is 17.7 Å². The Morgan fingerprint density at radius 2 is 2.31 bits per heavy atom. The van der Waals surface area contributed by atoms with Crippen LogP contribution in [0.5, 0.6) is 0 Å². The maximum atomic E-state index is 9.74. The van der Waals surface area contributed by atoms with Gasteiger partial charge in [-0.3, -0.25) is 0 Å². The molecule has 0 spiro atoms. The lowest BCUT2D eigenvalue weighted by Crippen LogP contribution is -2.26. The van der Waals surface area contributed by atoms with Crippen molar-refractivity contribution in [3.8, 4) is 0 Å². The van der Waals surface area contributed by atoms with Gasteiger partial charge in [-0.2, -0.15) is 0 Å². The fourth-order valence-corrected chi connectivity index (χ4v) is 3.17. The number of aromatic nitrogens is 2. The Kier molecular flexibility index (Phi) is 2.77. The van der Waals surface area contributed by atoms with E-state index in [1.165, 1.54) is 5.69 Å². The standard InChI is InChI=1S/C11H15BrN2O2/c12-10-9-2-1-8(15)5-14(9)11(13-10)7-3-4-16-6-7/h7-8,15H,1-6H2. The molecular weight excluding hydrogens is 272 g/mol. The van der Waals surface area contributed by atoms with Gasteiger partial charge in [0.15, 0.2) is 0 Å². The zero-order valence-electron chi connectivity index (χ0n) is 9.03. The Hall–Kier alpha value is -0.390. The van der Waals surface area contributed by atoms with Crippen LogP contribution in [-0.4, -0.2) is 34.0 Å². The van der Waals surface area contributed by atoms with Gasteiger partial charge in [0.2, 0.25) is 0 Å². The van der Waals surface area contributed by atoms with E-state index in [0.717, 1.165) is 42.9 Å². The van der Waals surface area contributed by atoms with Crippen LogP contribution in [0.25, 0.3) is 0 Å². The van der Waals surface area contributed by atoms with Crippen molar-refractivity contribution < 1.29 is 9.84 Å². The lowest BCUT2D eigenvalue weighted by Gasteiger charge is -2.22. The number of hydrogen-bond acceptors (Lipinski definition) is 3. The Bertz CT molecular complexity index is 399. The number of rotatable bonds is 1. The van der Waals surface area contributed by atoms with Gasteiger partial charge in [-0.1, -0.05) is 0 Å². The first-order valence-electron chi connectivity index (χ1n) is 5.76. The third kappa shape index (κ3) is 1.71. The monoisotopic (exact) mass is 286 g/mol. The third-order valence-electron chi connectivity index (χ3n) is 3.46. The molecule has 0 radical (unpaired) electrons. The Morgan fingerprint density at radius 3 is 3.06 bits per heavy atom. The van der Waals surface area contributed by atoms with Gasteiger partial charge < -0.3 is 14.4 Å². The van der Waals surface area contributed by atoms with E-state index >= 15 is 0 Å². The van der Waals surface area contributed by atoms with Crippen molar-refractivity contribution in [2.75, 3.05) is 13.2 Å². The normalized spacial score (nSPS) is 29.4. The minimum atomic E-state index is -0.227. The molecule has 2 aliphatic rings. The van der Waals surface area contributed by atoms with Gasteiger partial charge in [-0.25, -0.2) is 4.98 Å². The van der Waals surface area contributed by atoms with Crippen LogP contribution in [0.15, 0.2) is 4.60 Å². The number of fused-ring (bicyclic) bond motifs is 1. The maximum Gasteiger partial charge on any atom is 0.127 e. The van der Waals surface area contributed by atoms with Crippen LogP contribution in [0.4, 0.5) is 0 Å². The first-order valence-corrected chi connectivity index (χ1v) is 6.55. The molecule has 2 aliphatic heterocycles. The average molecular weight is 287 g/mol. The second-order valence-electron chi connectivity index (χ2n) is 4.57. The molecule has 3 rings (SSSR count). The van der Waals surface area contributed by atoms with Crippen molar-refractivity contribution in [2.45, 2.75) is 37.8 Å². The van der Waals surface area contributed by atoms with Crippen LogP contribution in [0, 0.1) is 0 Å². The van der Waals surface area contributed by atoms with Crippen LogP contribution >= 0.6 is 15.9 Å². The molecule has 5 heteroatoms. The number of halogens is 1. The molecule has 1 aromatic heterocycles. The SMILES string of the molecule is OC1CCc2c(Br)nc(C3CCOC3)n2C1. The molecule has 0 aliphatic carbocycles. The fourth-order valence-electron chi connectivity index (χ4n) is 2.57. The minimum Gasteiger partial charge on any atom is -0.391 e. The summed E-state index contributed by atoms with van der Waals surface area (Å²) in [5, 5.41) is 9.74. The molecule has 0 aromatic carbocycles. The molecule has 1 aromatic rings. The van der Waals surface area contributed by atoms with Crippen LogP contribution in [0.1, 0.15) is 30.3 Å². The smallest absolute Gasteiger partial charge is 0.127 e. The van der Waals surface area contributed by atoms with E-state index in [0.29, 0.717) is 12.5 Å². The predicted octanol–water partition coefficient (Wildman–Crippen LogP) is 1.46. The molecule has 2 atom stereocenters. The Labute approximate surface area is 103 Å². The zero-order valence-corrected chi connectivity index (χ0v) is 10.6. The van der Waals surface area contributed by atoms with E-state index < -0.39 is 0 Å². The summed E-state index contributed by atoms with van der Waals surface area (Å²) in [6.07, 6.45) is 2.56. The molecule has 1 N–H and O–H groups in total. The predicted molar refractivity (Wildman–Crippen MR) is 62.4 cm³/mol. The molecule has 0 amide bonds. The highest BCUT2D eigenvalue weighted by Crippen LogP contribution is 2.31. The van der Waals surface area contributed by atoms with Crippen molar-refractivity contribution in [1.82, 2.24) is 9.55 Å². The highest BCUT2D eigenvalue weighted by molar-refractivity contribution is 9.10. The summed E-state index contributed by atoms with van der Waals surface area (Å²) in [5.41, 5.74) is 1.23. The van der Waals surface area contributed by atoms with Gasteiger partial charge >= 0.3 is 0 Å². The van der Waals surface area contributed by atoms with Crippen molar-refractivity contribution in [1.29, 1.82) is 0 Å². The summed E-state index contributed by atoms with van der Waals surface area (Å²) in [4.78, 5) is 4.60. The summed E-state index contributed by atoms with van der Waals surface area (Å²) >= 11 is 3.52. The zero-order chi connectivity index (χ0) is 11.1. The second-order valence-corrected chi connectivity index (χ2v) is 5.32. The van der Waals surface area contributed by atoms with E-state index in [1.54, 1.807) is 0 Å². The molecule has 1 saturated heterocycles. The summed E-state index contributed by atoms with van der Waals surface area (Å²) in [6, 6.07) is 0. The van der Waals surface area contributed by atoms with Gasteiger partial charge in [0.25, 0.3) is 0 Å². The topological polar surface area (TPSA) is 47.3 Å². The molecule has 3 heterocycles. The minimum absolute atomic E-state index is 0.227. The van der Waals surface area contributed by atoms with E-state index in [4.69, 9.17) is 4.74 Å². The number of aliphatic hydroxyl groups excluding tert-OH is 1. The average Bonchev–Trinajstić information content (AvgIpc) is 2.86. The Balaban J connectivity index is 1.98. The van der Waals surface area contributed by atoms with Gasteiger partial charge in [0.05, 0.1) is 24.9 Å². The molecule has 4 nitrogen and oxygen atoms in total. The van der Waals surface area contributed by atoms with Gasteiger partial charge in [-0.15, -0.1) is 0 Å². The molecular formula is C11H15BrN2O2. The molecule has 2 unspecified atom stereocenters. The van der Waals surface area contributed by atoms with Crippen molar-refractivity contribution >= 4 is 15.9 Å². The number of ether oxygens (including phenoxy) is 1. The fraction of sp³-hybridized carbons (Fsp3) is 0.727. The van der Waals surface area contributed by atoms with Crippen LogP contribution in [0.2, 0.25) is 0 Å². The quantitative estimate of drug-likeness (QED) is 0.850. The molecule has 0 saturated carbocycles. The summed E-state index contributed by atoms with van der Waals surface area (Å²) in [6.45, 7) is 2.27. The number of hydrogen-bond donors (Lipinski definition) is 1. The van der Waals surface area contributed by atoms with Crippen molar-refractivity contribution in [3.63, 3.8) is 0 Å². The van der Waals surface area contributed by atoms with Crippen LogP contribution in [0.3, 0.4) is 0 Å². The second kappa shape index (κ2) is 4.13. The maximum absolute atomic E-state index is 9.74. The van der Waals surface area contributed by atoms with E-state index in [1.807, 2.05) is 0 Å². The number of nitrogens with zero attached hydrogens (tertiary/aromatic N) is 2. The van der Waals surface area contributed by atoms with E-state index in [-0.39, 0.29) is 6.10 Å². The molecule has 88 valence electrons. The van der Waals surface area contributed by atoms with Gasteiger partial charge in [-0.05, 0) is 35.2 Å². The summed E-state index contributed by atoms with van der Waals surface area (Å²) in [7, 11) is 0. The molecule has 1 fully saturated rings. The third-order valence-corrected chi connectivity index (χ3v) is 4.09. The van der Waals surface area contributed by atoms with Crippen molar-refractivity contribution in [3.05, 3.63) is 16.1 Å². The number of aliphatic hydroxyl groups is 1. The van der Waals surface area contributed by atoms with E-state index in [9.17, 15) is 5.11 Å². The van der Waals surface area contributed by atoms with Crippen LogP contribution < -0.4 is 0 Å². The highest BCUT2D eigenvalue weighted by Gasteiger charge is 2.29. The first kappa shape index (κ1) is 10.7. The largest absolute Gasteiger partial charge is 0.391 e. The van der Waals surface area contributed by atoms with Gasteiger partial charge in [0, 0.05) is 12.5 Å². The summed E-state index contributed by atoms with van der Waals surface area (Å²) in [5.74, 6) is 1.48. The summed E-state index contributed by atoms with van der Waals surface area (Å²) < 4.78 is 8.53. The molecule has 0 bridgehead atoms. The Morgan fingerprint density at radius 1 is 1.44 bits per heavy atom. The number of imidazole rings is 1.